The van der Waals surface area contributed by atoms with Crippen molar-refractivity contribution in [1.29, 1.82) is 0 Å². The van der Waals surface area contributed by atoms with Crippen LogP contribution >= 0.6 is 0 Å². The lowest BCUT2D eigenvalue weighted by atomic mass is 9.86. The predicted molar refractivity (Wildman–Crippen MR) is 66.2 cm³/mol. The van der Waals surface area contributed by atoms with Crippen molar-refractivity contribution in [1.82, 2.24) is 4.98 Å². The van der Waals surface area contributed by atoms with Gasteiger partial charge < -0.3 is 10.4 Å². The molecule has 1 saturated carbocycles. The van der Waals surface area contributed by atoms with E-state index in [2.05, 4.69) is 17.2 Å². The van der Waals surface area contributed by atoms with E-state index in [-0.39, 0.29) is 5.56 Å². The van der Waals surface area contributed by atoms with Gasteiger partial charge in [-0.25, -0.2) is 9.78 Å². The molecule has 0 bridgehead atoms. The zero-order valence-electron chi connectivity index (χ0n) is 10.0. The second-order valence-electron chi connectivity index (χ2n) is 4.72. The smallest absolute Gasteiger partial charge is 0.339 e. The number of carbonyl (C=O) groups is 1. The van der Waals surface area contributed by atoms with Crippen LogP contribution in [0.4, 0.5) is 5.82 Å². The standard InChI is InChI=1S/C13H18N2O2/c1-9-5-2-3-7-11(9)15-12-10(13(16)17)6-4-8-14-12/h4,6,8-9,11H,2-3,5,7H2,1H3,(H,14,15)(H,16,17). The summed E-state index contributed by atoms with van der Waals surface area (Å²) in [6.45, 7) is 2.21. The largest absolute Gasteiger partial charge is 0.478 e. The number of pyridine rings is 1. The van der Waals surface area contributed by atoms with Gasteiger partial charge in [-0.05, 0) is 30.9 Å². The fourth-order valence-corrected chi connectivity index (χ4v) is 2.40. The summed E-state index contributed by atoms with van der Waals surface area (Å²) >= 11 is 0. The number of anilines is 1. The fourth-order valence-electron chi connectivity index (χ4n) is 2.40. The maximum Gasteiger partial charge on any atom is 0.339 e. The summed E-state index contributed by atoms with van der Waals surface area (Å²) in [4.78, 5) is 15.2. The van der Waals surface area contributed by atoms with Gasteiger partial charge in [0.05, 0.1) is 0 Å². The number of aromatic carboxylic acids is 1. The Morgan fingerprint density at radius 1 is 1.47 bits per heavy atom. The van der Waals surface area contributed by atoms with Gasteiger partial charge in [-0.1, -0.05) is 19.8 Å². The van der Waals surface area contributed by atoms with Crippen LogP contribution in [0, 0.1) is 5.92 Å². The van der Waals surface area contributed by atoms with Crippen molar-refractivity contribution in [2.75, 3.05) is 5.32 Å². The van der Waals surface area contributed by atoms with E-state index in [9.17, 15) is 4.79 Å². The molecule has 1 aromatic rings. The molecule has 2 unspecified atom stereocenters. The van der Waals surface area contributed by atoms with Crippen LogP contribution in [-0.4, -0.2) is 22.1 Å². The summed E-state index contributed by atoms with van der Waals surface area (Å²) in [5, 5.41) is 12.4. The number of rotatable bonds is 3. The van der Waals surface area contributed by atoms with E-state index in [4.69, 9.17) is 5.11 Å². The number of aromatic nitrogens is 1. The summed E-state index contributed by atoms with van der Waals surface area (Å²) in [7, 11) is 0. The molecule has 0 spiro atoms. The molecular formula is C13H18N2O2. The van der Waals surface area contributed by atoms with Gasteiger partial charge >= 0.3 is 5.97 Å². The van der Waals surface area contributed by atoms with E-state index in [1.807, 2.05) is 0 Å². The van der Waals surface area contributed by atoms with Gasteiger partial charge in [-0.3, -0.25) is 0 Å². The minimum absolute atomic E-state index is 0.255. The van der Waals surface area contributed by atoms with Gasteiger partial charge in [0.2, 0.25) is 0 Å². The van der Waals surface area contributed by atoms with Gasteiger partial charge in [0.1, 0.15) is 11.4 Å². The molecule has 0 aromatic carbocycles. The molecule has 4 nitrogen and oxygen atoms in total. The van der Waals surface area contributed by atoms with Crippen molar-refractivity contribution in [3.63, 3.8) is 0 Å². The lowest BCUT2D eigenvalue weighted by Crippen LogP contribution is -2.31. The molecule has 92 valence electrons. The van der Waals surface area contributed by atoms with Crippen molar-refractivity contribution < 1.29 is 9.90 Å². The first-order chi connectivity index (χ1) is 8.18. The number of carboxylic acids is 1. The van der Waals surface area contributed by atoms with E-state index < -0.39 is 5.97 Å². The summed E-state index contributed by atoms with van der Waals surface area (Å²) in [5.41, 5.74) is 0.255. The topological polar surface area (TPSA) is 62.2 Å². The van der Waals surface area contributed by atoms with Gasteiger partial charge in [-0.2, -0.15) is 0 Å². The minimum atomic E-state index is -0.927. The molecule has 0 aliphatic heterocycles. The fraction of sp³-hybridized carbons (Fsp3) is 0.538. The molecule has 0 saturated heterocycles. The van der Waals surface area contributed by atoms with E-state index in [1.54, 1.807) is 18.3 Å². The van der Waals surface area contributed by atoms with Gasteiger partial charge in [0.25, 0.3) is 0 Å². The quantitative estimate of drug-likeness (QED) is 0.844. The normalized spacial score (nSPS) is 24.3. The Morgan fingerprint density at radius 2 is 2.24 bits per heavy atom. The molecule has 17 heavy (non-hydrogen) atoms. The molecule has 1 aliphatic rings. The van der Waals surface area contributed by atoms with Crippen LogP contribution in [0.5, 0.6) is 0 Å². The number of hydrogen-bond donors (Lipinski definition) is 2. The molecule has 2 rings (SSSR count). The van der Waals surface area contributed by atoms with E-state index in [0.29, 0.717) is 17.8 Å². The summed E-state index contributed by atoms with van der Waals surface area (Å²) in [6, 6.07) is 3.58. The number of hydrogen-bond acceptors (Lipinski definition) is 3. The van der Waals surface area contributed by atoms with Crippen LogP contribution in [0.15, 0.2) is 18.3 Å². The van der Waals surface area contributed by atoms with Crippen molar-refractivity contribution in [2.45, 2.75) is 38.6 Å². The third-order valence-corrected chi connectivity index (χ3v) is 3.47. The van der Waals surface area contributed by atoms with Crippen molar-refractivity contribution >= 4 is 11.8 Å². The first-order valence-corrected chi connectivity index (χ1v) is 6.13. The highest BCUT2D eigenvalue weighted by molar-refractivity contribution is 5.93. The molecule has 1 aliphatic carbocycles. The Morgan fingerprint density at radius 3 is 2.94 bits per heavy atom. The first kappa shape index (κ1) is 11.9. The average molecular weight is 234 g/mol. The highest BCUT2D eigenvalue weighted by atomic mass is 16.4. The lowest BCUT2D eigenvalue weighted by Gasteiger charge is -2.30. The van der Waals surface area contributed by atoms with Crippen molar-refractivity contribution in [3.8, 4) is 0 Å². The predicted octanol–water partition coefficient (Wildman–Crippen LogP) is 2.77. The summed E-state index contributed by atoms with van der Waals surface area (Å²) < 4.78 is 0. The molecular weight excluding hydrogens is 216 g/mol. The average Bonchev–Trinajstić information content (AvgIpc) is 2.32. The molecule has 1 aromatic heterocycles. The Hall–Kier alpha value is -1.58. The van der Waals surface area contributed by atoms with Crippen LogP contribution in [0.25, 0.3) is 0 Å². The van der Waals surface area contributed by atoms with Crippen LogP contribution in [0.3, 0.4) is 0 Å². The van der Waals surface area contributed by atoms with Gasteiger partial charge in [0.15, 0.2) is 0 Å². The van der Waals surface area contributed by atoms with Crippen LogP contribution in [-0.2, 0) is 0 Å². The number of carboxylic acid groups (broad SMARTS) is 1. The molecule has 1 fully saturated rings. The molecule has 2 atom stereocenters. The number of nitrogens with one attached hydrogen (secondary N) is 1. The monoisotopic (exact) mass is 234 g/mol. The Balaban J connectivity index is 2.14. The molecule has 1 heterocycles. The second-order valence-corrected chi connectivity index (χ2v) is 4.72. The Labute approximate surface area is 101 Å². The van der Waals surface area contributed by atoms with Crippen LogP contribution in [0.2, 0.25) is 0 Å². The molecule has 4 heteroatoms. The van der Waals surface area contributed by atoms with Crippen molar-refractivity contribution in [3.05, 3.63) is 23.9 Å². The number of nitrogens with zero attached hydrogens (tertiary/aromatic N) is 1. The van der Waals surface area contributed by atoms with Gasteiger partial charge in [-0.15, -0.1) is 0 Å². The molecule has 0 radical (unpaired) electrons. The highest BCUT2D eigenvalue weighted by Crippen LogP contribution is 2.27. The SMILES string of the molecule is CC1CCCCC1Nc1ncccc1C(=O)O. The Bertz CT molecular complexity index is 406. The Kier molecular flexibility index (Phi) is 3.61. The highest BCUT2D eigenvalue weighted by Gasteiger charge is 2.23. The second kappa shape index (κ2) is 5.17. The zero-order chi connectivity index (χ0) is 12.3. The minimum Gasteiger partial charge on any atom is -0.478 e. The van der Waals surface area contributed by atoms with Crippen LogP contribution < -0.4 is 5.32 Å². The third kappa shape index (κ3) is 2.75. The van der Waals surface area contributed by atoms with E-state index in [0.717, 1.165) is 6.42 Å². The van der Waals surface area contributed by atoms with Gasteiger partial charge in [0, 0.05) is 12.2 Å². The van der Waals surface area contributed by atoms with Crippen LogP contribution in [0.1, 0.15) is 43.0 Å². The summed E-state index contributed by atoms with van der Waals surface area (Å²) in [6.07, 6.45) is 6.40. The molecule has 2 N–H and O–H groups in total. The van der Waals surface area contributed by atoms with Crippen molar-refractivity contribution in [2.24, 2.45) is 5.92 Å². The molecule has 0 amide bonds. The maximum absolute atomic E-state index is 11.1. The third-order valence-electron chi connectivity index (χ3n) is 3.47. The first-order valence-electron chi connectivity index (χ1n) is 6.13. The maximum atomic E-state index is 11.1. The zero-order valence-corrected chi connectivity index (χ0v) is 10.0. The lowest BCUT2D eigenvalue weighted by molar-refractivity contribution is 0.0697. The summed E-state index contributed by atoms with van der Waals surface area (Å²) in [5.74, 6) is 0.148. The van der Waals surface area contributed by atoms with E-state index in [1.165, 1.54) is 19.3 Å². The van der Waals surface area contributed by atoms with E-state index >= 15 is 0 Å².